The van der Waals surface area contributed by atoms with E-state index in [0.717, 1.165) is 17.0 Å². The molecule has 3 heterocycles. The van der Waals surface area contributed by atoms with Crippen molar-refractivity contribution in [3.05, 3.63) is 35.7 Å². The fourth-order valence-electron chi connectivity index (χ4n) is 3.76. The zero-order valence-corrected chi connectivity index (χ0v) is 16.4. The second kappa shape index (κ2) is 8.12. The van der Waals surface area contributed by atoms with E-state index in [4.69, 9.17) is 4.42 Å². The lowest BCUT2D eigenvalue weighted by Gasteiger charge is -2.32. The van der Waals surface area contributed by atoms with E-state index < -0.39 is 11.7 Å². The second-order valence-corrected chi connectivity index (χ2v) is 7.57. The molecule has 2 aliphatic rings. The van der Waals surface area contributed by atoms with Crippen LogP contribution in [0.25, 0.3) is 11.5 Å². The van der Waals surface area contributed by atoms with Crippen molar-refractivity contribution < 1.29 is 32.0 Å². The van der Waals surface area contributed by atoms with Gasteiger partial charge < -0.3 is 9.32 Å². The number of nitrogens with zero attached hydrogens (tertiary/aromatic N) is 4. The maximum atomic E-state index is 12.7. The van der Waals surface area contributed by atoms with Gasteiger partial charge in [-0.3, -0.25) is 19.3 Å². The molecule has 2 saturated heterocycles. The summed E-state index contributed by atoms with van der Waals surface area (Å²) < 4.78 is 43.8. The summed E-state index contributed by atoms with van der Waals surface area (Å²) in [6.07, 6.45) is -2.80. The number of carbonyl (C=O) groups excluding carboxylic acids is 3. The molecule has 0 bridgehead atoms. The number of aromatic nitrogens is 2. The summed E-state index contributed by atoms with van der Waals surface area (Å²) in [5, 5.41) is 7.94. The van der Waals surface area contributed by atoms with Crippen molar-refractivity contribution in [3.63, 3.8) is 0 Å². The van der Waals surface area contributed by atoms with Crippen LogP contribution in [0.15, 0.2) is 28.7 Å². The normalized spacial score (nSPS) is 19.9. The van der Waals surface area contributed by atoms with Crippen LogP contribution < -0.4 is 0 Å². The van der Waals surface area contributed by atoms with Crippen LogP contribution >= 0.6 is 0 Å². The Morgan fingerprint density at radius 1 is 1.10 bits per heavy atom. The van der Waals surface area contributed by atoms with Gasteiger partial charge in [-0.25, -0.2) is 0 Å². The molecule has 1 aromatic heterocycles. The molecule has 2 fully saturated rings. The van der Waals surface area contributed by atoms with Crippen molar-refractivity contribution in [2.45, 2.75) is 37.8 Å². The molecule has 1 unspecified atom stereocenters. The van der Waals surface area contributed by atoms with Crippen LogP contribution in [0.3, 0.4) is 0 Å². The molecule has 2 aliphatic heterocycles. The monoisotopic (exact) mass is 436 g/mol. The quantitative estimate of drug-likeness (QED) is 0.684. The van der Waals surface area contributed by atoms with Gasteiger partial charge in [-0.05, 0) is 37.1 Å². The fourth-order valence-corrected chi connectivity index (χ4v) is 3.76. The number of halogens is 3. The lowest BCUT2D eigenvalue weighted by Crippen LogP contribution is -2.46. The molecule has 3 amide bonds. The molecule has 0 spiro atoms. The highest BCUT2D eigenvalue weighted by atomic mass is 19.4. The SMILES string of the molecule is O=C(CN1C(=O)CCC1=O)N1CCCC(c2nnc(-c3ccc(C(F)(F)F)cc3)o2)C1. The molecule has 1 aromatic carbocycles. The van der Waals surface area contributed by atoms with Crippen molar-refractivity contribution in [1.29, 1.82) is 0 Å². The van der Waals surface area contributed by atoms with E-state index in [1.54, 1.807) is 4.90 Å². The van der Waals surface area contributed by atoms with Crippen molar-refractivity contribution in [2.24, 2.45) is 0 Å². The maximum absolute atomic E-state index is 12.7. The van der Waals surface area contributed by atoms with E-state index >= 15 is 0 Å². The molecule has 8 nitrogen and oxygen atoms in total. The predicted molar refractivity (Wildman–Crippen MR) is 99.2 cm³/mol. The van der Waals surface area contributed by atoms with Gasteiger partial charge in [0.2, 0.25) is 29.5 Å². The van der Waals surface area contributed by atoms with Crippen LogP contribution in [0, 0.1) is 0 Å². The van der Waals surface area contributed by atoms with Crippen LogP contribution in [0.4, 0.5) is 13.2 Å². The molecule has 2 aromatic rings. The summed E-state index contributed by atoms with van der Waals surface area (Å²) in [6, 6.07) is 4.42. The van der Waals surface area contributed by atoms with E-state index in [1.165, 1.54) is 12.1 Å². The van der Waals surface area contributed by atoms with Gasteiger partial charge in [0.25, 0.3) is 0 Å². The Morgan fingerprint density at radius 2 is 1.77 bits per heavy atom. The van der Waals surface area contributed by atoms with Crippen LogP contribution in [0.2, 0.25) is 0 Å². The van der Waals surface area contributed by atoms with Crippen molar-refractivity contribution in [2.75, 3.05) is 19.6 Å². The minimum absolute atomic E-state index is 0.0976. The lowest BCUT2D eigenvalue weighted by molar-refractivity contribution is -0.146. The van der Waals surface area contributed by atoms with E-state index in [1.807, 2.05) is 0 Å². The van der Waals surface area contributed by atoms with Crippen molar-refractivity contribution >= 4 is 17.7 Å². The fraction of sp³-hybridized carbons (Fsp3) is 0.450. The zero-order valence-electron chi connectivity index (χ0n) is 16.4. The molecule has 1 atom stereocenters. The van der Waals surface area contributed by atoms with Gasteiger partial charge in [0.15, 0.2) is 0 Å². The summed E-state index contributed by atoms with van der Waals surface area (Å²) in [7, 11) is 0. The number of imide groups is 1. The molecule has 31 heavy (non-hydrogen) atoms. The highest BCUT2D eigenvalue weighted by molar-refractivity contribution is 6.04. The first-order chi connectivity index (χ1) is 14.7. The number of likely N-dealkylation sites (tertiary alicyclic amines) is 2. The summed E-state index contributed by atoms with van der Waals surface area (Å²) in [4.78, 5) is 38.6. The molecular weight excluding hydrogens is 417 g/mol. The largest absolute Gasteiger partial charge is 0.420 e. The first-order valence-corrected chi connectivity index (χ1v) is 9.84. The minimum atomic E-state index is -4.43. The Kier molecular flexibility index (Phi) is 5.50. The molecule has 0 aliphatic carbocycles. The third-order valence-electron chi connectivity index (χ3n) is 5.47. The highest BCUT2D eigenvalue weighted by Gasteiger charge is 2.34. The third kappa shape index (κ3) is 4.44. The lowest BCUT2D eigenvalue weighted by atomic mass is 9.98. The van der Waals surface area contributed by atoms with Crippen LogP contribution in [0.1, 0.15) is 43.1 Å². The second-order valence-electron chi connectivity index (χ2n) is 7.57. The van der Waals surface area contributed by atoms with Gasteiger partial charge in [0, 0.05) is 31.5 Å². The number of hydrogen-bond donors (Lipinski definition) is 0. The molecule has 4 rings (SSSR count). The Labute approximate surface area is 175 Å². The van der Waals surface area contributed by atoms with Gasteiger partial charge in [-0.1, -0.05) is 0 Å². The Hall–Kier alpha value is -3.24. The topological polar surface area (TPSA) is 96.6 Å². The zero-order chi connectivity index (χ0) is 22.2. The summed E-state index contributed by atoms with van der Waals surface area (Å²) in [6.45, 7) is 0.514. The Balaban J connectivity index is 1.42. The number of alkyl halides is 3. The van der Waals surface area contributed by atoms with Gasteiger partial charge in [0.1, 0.15) is 6.54 Å². The van der Waals surface area contributed by atoms with Crippen LogP contribution in [-0.4, -0.2) is 57.4 Å². The smallest absolute Gasteiger partial charge is 0.416 e. The number of carbonyl (C=O) groups is 3. The average Bonchev–Trinajstić information content (AvgIpc) is 3.36. The van der Waals surface area contributed by atoms with Crippen molar-refractivity contribution in [3.8, 4) is 11.5 Å². The van der Waals surface area contributed by atoms with E-state index in [0.29, 0.717) is 37.4 Å². The molecule has 0 saturated carbocycles. The first-order valence-electron chi connectivity index (χ1n) is 9.84. The highest BCUT2D eigenvalue weighted by Crippen LogP contribution is 2.32. The summed E-state index contributed by atoms with van der Waals surface area (Å²) >= 11 is 0. The van der Waals surface area contributed by atoms with Crippen LogP contribution in [0.5, 0.6) is 0 Å². The number of amides is 3. The number of hydrogen-bond acceptors (Lipinski definition) is 6. The Morgan fingerprint density at radius 3 is 2.42 bits per heavy atom. The third-order valence-corrected chi connectivity index (χ3v) is 5.47. The van der Waals surface area contributed by atoms with Crippen molar-refractivity contribution in [1.82, 2.24) is 20.0 Å². The average molecular weight is 436 g/mol. The minimum Gasteiger partial charge on any atom is -0.420 e. The molecule has 0 radical (unpaired) electrons. The standard InChI is InChI=1S/C20H19F3N4O4/c21-20(22,23)14-5-3-12(4-6-14)18-24-25-19(31-18)13-2-1-9-26(10-13)17(30)11-27-15(28)7-8-16(27)29/h3-6,13H,1-2,7-11H2. The maximum Gasteiger partial charge on any atom is 0.416 e. The van der Waals surface area contributed by atoms with E-state index in [9.17, 15) is 27.6 Å². The predicted octanol–water partition coefficient (Wildman–Crippen LogP) is 2.61. The number of rotatable bonds is 4. The molecule has 11 heteroatoms. The van der Waals surface area contributed by atoms with Gasteiger partial charge in [0.05, 0.1) is 11.5 Å². The molecular formula is C20H19F3N4O4. The first kappa shape index (κ1) is 21.0. The van der Waals surface area contributed by atoms with Gasteiger partial charge >= 0.3 is 6.18 Å². The van der Waals surface area contributed by atoms with Gasteiger partial charge in [-0.2, -0.15) is 13.2 Å². The number of piperidine rings is 1. The molecule has 164 valence electrons. The van der Waals surface area contributed by atoms with E-state index in [2.05, 4.69) is 10.2 Å². The summed E-state index contributed by atoms with van der Waals surface area (Å²) in [5.74, 6) is -0.856. The van der Waals surface area contributed by atoms with Gasteiger partial charge in [-0.15, -0.1) is 10.2 Å². The Bertz CT molecular complexity index is 987. The van der Waals surface area contributed by atoms with E-state index in [-0.39, 0.29) is 48.9 Å². The van der Waals surface area contributed by atoms with Crippen LogP contribution in [-0.2, 0) is 20.6 Å². The number of benzene rings is 1. The summed E-state index contributed by atoms with van der Waals surface area (Å²) in [5.41, 5.74) is -0.408. The molecule has 0 N–H and O–H groups in total.